The Balaban J connectivity index is 1.85. The SMILES string of the molecule is CC(C)OC(=O)C(C)N(Oc1ccccc1)[P+](=O)OC[C@@]1(N=[N+]=[N-])O[C@@H](n2ccc(N)nc2=O)[C@H](O)[C@@H]1F. The summed E-state index contributed by atoms with van der Waals surface area (Å²) in [6.07, 6.45) is -5.51. The molecule has 1 aromatic carbocycles. The van der Waals surface area contributed by atoms with Gasteiger partial charge in [0.25, 0.3) is 0 Å². The molecule has 17 heteroatoms. The van der Waals surface area contributed by atoms with E-state index >= 15 is 4.39 Å². The maximum Gasteiger partial charge on any atom is 0.653 e. The van der Waals surface area contributed by atoms with Gasteiger partial charge in [-0.15, -0.1) is 4.52 Å². The molecule has 0 bridgehead atoms. The number of halogens is 1. The summed E-state index contributed by atoms with van der Waals surface area (Å²) in [5, 5.41) is 13.8. The number of alkyl halides is 1. The molecule has 15 nitrogen and oxygen atoms in total. The van der Waals surface area contributed by atoms with Crippen LogP contribution in [-0.4, -0.2) is 62.2 Å². The molecule has 2 heterocycles. The van der Waals surface area contributed by atoms with Crippen LogP contribution in [-0.2, 0) is 23.4 Å². The fourth-order valence-corrected chi connectivity index (χ4v) is 4.31. The van der Waals surface area contributed by atoms with Gasteiger partial charge in [-0.25, -0.2) is 9.18 Å². The molecule has 1 aliphatic heterocycles. The molecule has 38 heavy (non-hydrogen) atoms. The van der Waals surface area contributed by atoms with E-state index in [9.17, 15) is 19.3 Å². The summed E-state index contributed by atoms with van der Waals surface area (Å²) >= 11 is 0. The smallest absolute Gasteiger partial charge is 0.462 e. The molecule has 6 atom stereocenters. The second-order valence-corrected chi connectivity index (χ2v) is 9.49. The fraction of sp³-hybridized carbons (Fsp3) is 0.476. The number of anilines is 1. The molecule has 204 valence electrons. The summed E-state index contributed by atoms with van der Waals surface area (Å²) in [7, 11) is -3.08. The molecule has 0 aliphatic carbocycles. The number of nitrogen functional groups attached to an aromatic ring is 1. The van der Waals surface area contributed by atoms with Gasteiger partial charge >= 0.3 is 19.8 Å². The van der Waals surface area contributed by atoms with Crippen molar-refractivity contribution < 1.29 is 37.7 Å². The number of carbonyl (C=O) groups excluding carboxylic acids is 1. The van der Waals surface area contributed by atoms with Crippen LogP contribution in [0.1, 0.15) is 27.0 Å². The number of carbonyl (C=O) groups is 1. The third-order valence-corrected chi connectivity index (χ3v) is 6.30. The van der Waals surface area contributed by atoms with Crippen LogP contribution < -0.4 is 16.3 Å². The quantitative estimate of drug-likeness (QED) is 0.103. The Morgan fingerprint density at radius 2 is 2.08 bits per heavy atom. The Hall–Kier alpha value is -3.65. The van der Waals surface area contributed by atoms with Gasteiger partial charge in [-0.05, 0) is 49.1 Å². The second-order valence-electron chi connectivity index (χ2n) is 8.36. The van der Waals surface area contributed by atoms with E-state index in [1.165, 1.54) is 25.1 Å². The number of aromatic nitrogens is 2. The van der Waals surface area contributed by atoms with Gasteiger partial charge in [-0.2, -0.15) is 4.98 Å². The first kappa shape index (κ1) is 28.9. The molecule has 0 spiro atoms. The zero-order valence-corrected chi connectivity index (χ0v) is 21.4. The Kier molecular flexibility index (Phi) is 9.33. The number of esters is 1. The summed E-state index contributed by atoms with van der Waals surface area (Å²) in [5.74, 6) is -0.723. The van der Waals surface area contributed by atoms with E-state index < -0.39 is 62.8 Å². The first-order chi connectivity index (χ1) is 18.0. The highest BCUT2D eigenvalue weighted by Crippen LogP contribution is 2.43. The van der Waals surface area contributed by atoms with Gasteiger partial charge in [0.1, 0.15) is 23.4 Å². The van der Waals surface area contributed by atoms with Gasteiger partial charge < -0.3 is 25.2 Å². The molecule has 2 aromatic rings. The molecular formula is C21H26FN7O8P+. The first-order valence-corrected chi connectivity index (χ1v) is 12.4. The van der Waals surface area contributed by atoms with E-state index in [-0.39, 0.29) is 11.6 Å². The van der Waals surface area contributed by atoms with Crippen molar-refractivity contribution in [2.45, 2.75) is 57.1 Å². The number of ether oxygens (including phenoxy) is 2. The summed E-state index contributed by atoms with van der Waals surface area (Å²) in [6, 6.07) is 7.96. The molecule has 0 saturated carbocycles. The van der Waals surface area contributed by atoms with E-state index in [1.54, 1.807) is 32.0 Å². The van der Waals surface area contributed by atoms with Crippen LogP contribution in [0.5, 0.6) is 5.75 Å². The van der Waals surface area contributed by atoms with Gasteiger partial charge in [0.2, 0.25) is 5.72 Å². The summed E-state index contributed by atoms with van der Waals surface area (Å²) in [5.41, 5.74) is 11.0. The van der Waals surface area contributed by atoms with E-state index in [0.29, 0.717) is 4.83 Å². The molecule has 0 radical (unpaired) electrons. The Bertz CT molecular complexity index is 1260. The zero-order chi connectivity index (χ0) is 28.0. The third kappa shape index (κ3) is 6.42. The monoisotopic (exact) mass is 554 g/mol. The average molecular weight is 554 g/mol. The molecule has 3 N–H and O–H groups in total. The van der Waals surface area contributed by atoms with Gasteiger partial charge in [0.05, 0.1) is 6.10 Å². The molecule has 1 fully saturated rings. The lowest BCUT2D eigenvalue weighted by Crippen LogP contribution is -2.43. The molecule has 1 aliphatic rings. The largest absolute Gasteiger partial charge is 0.653 e. The van der Waals surface area contributed by atoms with Crippen molar-refractivity contribution >= 4 is 20.0 Å². The van der Waals surface area contributed by atoms with Crippen molar-refractivity contribution in [1.29, 1.82) is 0 Å². The van der Waals surface area contributed by atoms with Crippen LogP contribution in [0.15, 0.2) is 52.5 Å². The van der Waals surface area contributed by atoms with E-state index in [1.807, 2.05) is 0 Å². The van der Waals surface area contributed by atoms with Crippen LogP contribution in [0.25, 0.3) is 10.4 Å². The summed E-state index contributed by atoms with van der Waals surface area (Å²) in [6.45, 7) is 3.59. The predicted molar refractivity (Wildman–Crippen MR) is 129 cm³/mol. The van der Waals surface area contributed by atoms with Crippen LogP contribution in [0.3, 0.4) is 0 Å². The number of nitrogens with two attached hydrogens (primary N) is 1. The van der Waals surface area contributed by atoms with Crippen molar-refractivity contribution in [2.75, 3.05) is 12.3 Å². The summed E-state index contributed by atoms with van der Waals surface area (Å²) in [4.78, 5) is 37.0. The van der Waals surface area contributed by atoms with Crippen LogP contribution in [0.2, 0.25) is 0 Å². The topological polar surface area (TPSA) is 204 Å². The van der Waals surface area contributed by atoms with Crippen LogP contribution in [0.4, 0.5) is 10.2 Å². The van der Waals surface area contributed by atoms with E-state index in [2.05, 4.69) is 15.0 Å². The Labute approximate surface area is 216 Å². The standard InChI is InChI=1S/C21H25FN7O8P/c1-12(2)35-19(31)13(3)29(37-14-7-5-4-6-8-14)38(33)34-11-21(26-27-24)17(22)16(30)18(36-21)28-10-9-15(23)25-20(28)32/h4-10,12-13,16-18,30H,11H2,1-3H3,(H-,23,25,32)/p+1/t13?,16-,17+,18-,21-/m1/s1. The third-order valence-electron chi connectivity index (χ3n) is 5.20. The lowest BCUT2D eigenvalue weighted by atomic mass is 10.1. The van der Waals surface area contributed by atoms with Crippen LogP contribution >= 0.6 is 8.18 Å². The minimum atomic E-state index is -3.08. The van der Waals surface area contributed by atoms with E-state index in [0.717, 1.165) is 10.8 Å². The number of nitrogens with zero attached hydrogens (tertiary/aromatic N) is 6. The minimum absolute atomic E-state index is 0.124. The number of hydroxylamine groups is 1. The average Bonchev–Trinajstić information content (AvgIpc) is 3.11. The number of hydrogen-bond acceptors (Lipinski definition) is 11. The number of rotatable bonds is 11. The highest BCUT2D eigenvalue weighted by atomic mass is 31.1. The van der Waals surface area contributed by atoms with Crippen molar-refractivity contribution in [3.05, 3.63) is 63.5 Å². The molecule has 3 rings (SSSR count). The highest BCUT2D eigenvalue weighted by molar-refractivity contribution is 7.36. The number of hydrogen-bond donors (Lipinski definition) is 2. The van der Waals surface area contributed by atoms with Crippen molar-refractivity contribution in [2.24, 2.45) is 5.11 Å². The lowest BCUT2D eigenvalue weighted by Gasteiger charge is -2.23. The highest BCUT2D eigenvalue weighted by Gasteiger charge is 2.59. The van der Waals surface area contributed by atoms with Crippen molar-refractivity contribution in [3.63, 3.8) is 0 Å². The van der Waals surface area contributed by atoms with Gasteiger partial charge in [0.15, 0.2) is 24.2 Å². The number of benzene rings is 1. The van der Waals surface area contributed by atoms with E-state index in [4.69, 9.17) is 30.1 Å². The minimum Gasteiger partial charge on any atom is -0.462 e. The molecule has 0 amide bonds. The maximum atomic E-state index is 15.3. The molecule has 1 aromatic heterocycles. The normalized spacial score (nSPS) is 24.1. The number of aliphatic hydroxyl groups excluding tert-OH is 1. The molecule has 2 unspecified atom stereocenters. The van der Waals surface area contributed by atoms with Gasteiger partial charge in [-0.3, -0.25) is 9.36 Å². The second kappa shape index (κ2) is 12.3. The first-order valence-electron chi connectivity index (χ1n) is 11.2. The zero-order valence-electron chi connectivity index (χ0n) is 20.5. The Morgan fingerprint density at radius 3 is 2.68 bits per heavy atom. The van der Waals surface area contributed by atoms with Gasteiger partial charge in [0, 0.05) is 11.1 Å². The predicted octanol–water partition coefficient (Wildman–Crippen LogP) is 2.37. The maximum absolute atomic E-state index is 15.3. The number of para-hydroxylation sites is 1. The van der Waals surface area contributed by atoms with Crippen molar-refractivity contribution in [1.82, 2.24) is 14.4 Å². The number of azide groups is 1. The Morgan fingerprint density at radius 1 is 1.39 bits per heavy atom. The summed E-state index contributed by atoms with van der Waals surface area (Å²) < 4.78 is 45.1. The number of aliphatic hydroxyl groups is 1. The van der Waals surface area contributed by atoms with Gasteiger partial charge in [-0.1, -0.05) is 23.3 Å². The van der Waals surface area contributed by atoms with Crippen LogP contribution in [0, 0.1) is 0 Å². The lowest BCUT2D eigenvalue weighted by molar-refractivity contribution is -0.159. The fourth-order valence-electron chi connectivity index (χ4n) is 3.36. The molecule has 1 saturated heterocycles. The van der Waals surface area contributed by atoms with Crippen molar-refractivity contribution in [3.8, 4) is 5.75 Å². The molecular weight excluding hydrogens is 528 g/mol.